The molecular formula is C15H17F2NO5. The highest BCUT2D eigenvalue weighted by atomic mass is 19.2. The Morgan fingerprint density at radius 3 is 2.74 bits per heavy atom. The average molecular weight is 329 g/mol. The molecule has 1 aromatic rings. The number of carbonyl (C=O) groups excluding carboxylic acids is 1. The minimum absolute atomic E-state index is 0.0273. The molecule has 8 heteroatoms. The van der Waals surface area contributed by atoms with Crippen molar-refractivity contribution in [1.82, 2.24) is 4.90 Å². The van der Waals surface area contributed by atoms with Gasteiger partial charge < -0.3 is 19.5 Å². The van der Waals surface area contributed by atoms with Gasteiger partial charge in [-0.1, -0.05) is 12.1 Å². The minimum atomic E-state index is -1.09. The lowest BCUT2D eigenvalue weighted by atomic mass is 10.1. The fourth-order valence-electron chi connectivity index (χ4n) is 2.21. The van der Waals surface area contributed by atoms with Crippen molar-refractivity contribution in [3.05, 3.63) is 35.4 Å². The summed E-state index contributed by atoms with van der Waals surface area (Å²) < 4.78 is 37.5. The van der Waals surface area contributed by atoms with Crippen LogP contribution in [0.1, 0.15) is 12.0 Å². The fourth-order valence-corrected chi connectivity index (χ4v) is 2.21. The number of halogens is 2. The molecule has 126 valence electrons. The predicted octanol–water partition coefficient (Wildman–Crippen LogP) is 1.18. The number of carboxylic acid groups (broad SMARTS) is 1. The van der Waals surface area contributed by atoms with Gasteiger partial charge in [-0.25, -0.2) is 8.78 Å². The third kappa shape index (κ3) is 4.70. The summed E-state index contributed by atoms with van der Waals surface area (Å²) in [6, 6.07) is 3.64. The van der Waals surface area contributed by atoms with E-state index in [0.717, 1.165) is 11.0 Å². The summed E-state index contributed by atoms with van der Waals surface area (Å²) in [6.07, 6.45) is -1.18. The molecule has 0 spiro atoms. The van der Waals surface area contributed by atoms with E-state index in [1.54, 1.807) is 0 Å². The highest BCUT2D eigenvalue weighted by molar-refractivity contribution is 5.81. The predicted molar refractivity (Wildman–Crippen MR) is 74.6 cm³/mol. The summed E-state index contributed by atoms with van der Waals surface area (Å²) in [7, 11) is 0. The number of ether oxygens (including phenoxy) is 2. The van der Waals surface area contributed by atoms with Gasteiger partial charge in [-0.2, -0.15) is 0 Å². The largest absolute Gasteiger partial charge is 0.481 e. The van der Waals surface area contributed by atoms with Gasteiger partial charge in [0.1, 0.15) is 0 Å². The smallest absolute Gasteiger partial charge is 0.305 e. The maximum Gasteiger partial charge on any atom is 0.305 e. The van der Waals surface area contributed by atoms with Crippen LogP contribution in [0.2, 0.25) is 0 Å². The number of carboxylic acids is 1. The van der Waals surface area contributed by atoms with Crippen molar-refractivity contribution >= 4 is 11.9 Å². The third-order valence-corrected chi connectivity index (χ3v) is 3.39. The summed E-state index contributed by atoms with van der Waals surface area (Å²) in [5.74, 6) is -3.68. The molecule has 1 aliphatic heterocycles. The molecule has 1 saturated heterocycles. The lowest BCUT2D eigenvalue weighted by Crippen LogP contribution is -2.45. The normalized spacial score (nSPS) is 17.7. The van der Waals surface area contributed by atoms with Crippen molar-refractivity contribution in [1.29, 1.82) is 0 Å². The standard InChI is InChI=1S/C15H17F2NO5/c16-11-3-1-2-10(14(11)17)8-18(5-4-13(19)20)15(21)12-9-22-6-7-23-12/h1-3,12H,4-9H2,(H,19,20)/t12-/m1/s1. The molecule has 0 radical (unpaired) electrons. The van der Waals surface area contributed by atoms with Crippen LogP contribution in [0.25, 0.3) is 0 Å². The zero-order valence-electron chi connectivity index (χ0n) is 12.3. The molecule has 1 fully saturated rings. The van der Waals surface area contributed by atoms with E-state index in [2.05, 4.69) is 0 Å². The fraction of sp³-hybridized carbons (Fsp3) is 0.467. The Hall–Kier alpha value is -2.06. The first-order chi connectivity index (χ1) is 11.0. The van der Waals surface area contributed by atoms with Crippen molar-refractivity contribution < 1.29 is 33.0 Å². The molecule has 1 N–H and O–H groups in total. The Kier molecular flexibility index (Phi) is 6.00. The van der Waals surface area contributed by atoms with Gasteiger partial charge >= 0.3 is 5.97 Å². The Bertz CT molecular complexity index is 575. The maximum absolute atomic E-state index is 13.8. The molecule has 2 rings (SSSR count). The van der Waals surface area contributed by atoms with Gasteiger partial charge in [0.05, 0.1) is 26.2 Å². The highest BCUT2D eigenvalue weighted by Gasteiger charge is 2.28. The van der Waals surface area contributed by atoms with Crippen LogP contribution in [0, 0.1) is 11.6 Å². The molecule has 0 saturated carbocycles. The van der Waals surface area contributed by atoms with E-state index in [1.165, 1.54) is 12.1 Å². The van der Waals surface area contributed by atoms with Gasteiger partial charge in [0.2, 0.25) is 0 Å². The molecular weight excluding hydrogens is 312 g/mol. The SMILES string of the molecule is O=C(O)CCN(Cc1cccc(F)c1F)C(=O)[C@H]1COCCO1. The molecule has 1 atom stereocenters. The van der Waals surface area contributed by atoms with Gasteiger partial charge in [0.25, 0.3) is 5.91 Å². The molecule has 1 heterocycles. The van der Waals surface area contributed by atoms with E-state index in [1.807, 2.05) is 0 Å². The van der Waals surface area contributed by atoms with Crippen molar-refractivity contribution in [3.63, 3.8) is 0 Å². The molecule has 0 unspecified atom stereocenters. The summed E-state index contributed by atoms with van der Waals surface area (Å²) in [6.45, 7) is 0.294. The average Bonchev–Trinajstić information content (AvgIpc) is 2.55. The topological polar surface area (TPSA) is 76.1 Å². The first kappa shape index (κ1) is 17.3. The molecule has 1 aromatic carbocycles. The molecule has 1 aliphatic rings. The van der Waals surface area contributed by atoms with E-state index in [9.17, 15) is 18.4 Å². The third-order valence-electron chi connectivity index (χ3n) is 3.39. The van der Waals surface area contributed by atoms with Crippen LogP contribution in [0.4, 0.5) is 8.78 Å². The van der Waals surface area contributed by atoms with E-state index in [-0.39, 0.29) is 38.3 Å². The van der Waals surface area contributed by atoms with Gasteiger partial charge in [-0.15, -0.1) is 0 Å². The number of benzene rings is 1. The number of amides is 1. The first-order valence-electron chi connectivity index (χ1n) is 7.12. The molecule has 6 nitrogen and oxygen atoms in total. The zero-order valence-corrected chi connectivity index (χ0v) is 12.3. The van der Waals surface area contributed by atoms with E-state index in [0.29, 0.717) is 6.61 Å². The van der Waals surface area contributed by atoms with Crippen LogP contribution in [0.3, 0.4) is 0 Å². The van der Waals surface area contributed by atoms with Crippen LogP contribution in [0.5, 0.6) is 0 Å². The number of rotatable bonds is 6. The second-order valence-electron chi connectivity index (χ2n) is 5.05. The van der Waals surface area contributed by atoms with Crippen molar-refractivity contribution in [2.75, 3.05) is 26.4 Å². The number of carbonyl (C=O) groups is 2. The van der Waals surface area contributed by atoms with E-state index >= 15 is 0 Å². The summed E-state index contributed by atoms with van der Waals surface area (Å²) in [4.78, 5) is 24.3. The van der Waals surface area contributed by atoms with Gasteiger partial charge in [0, 0.05) is 18.7 Å². The maximum atomic E-state index is 13.8. The van der Waals surface area contributed by atoms with Crippen molar-refractivity contribution in [2.24, 2.45) is 0 Å². The van der Waals surface area contributed by atoms with Crippen LogP contribution in [-0.4, -0.2) is 54.4 Å². The van der Waals surface area contributed by atoms with E-state index < -0.39 is 29.6 Å². The highest BCUT2D eigenvalue weighted by Crippen LogP contribution is 2.16. The van der Waals surface area contributed by atoms with Crippen molar-refractivity contribution in [3.8, 4) is 0 Å². The molecule has 0 bridgehead atoms. The Labute approximate surface area is 131 Å². The summed E-state index contributed by atoms with van der Waals surface area (Å²) >= 11 is 0. The van der Waals surface area contributed by atoms with Crippen LogP contribution < -0.4 is 0 Å². The van der Waals surface area contributed by atoms with Gasteiger partial charge in [-0.05, 0) is 6.07 Å². The van der Waals surface area contributed by atoms with Crippen LogP contribution in [-0.2, 0) is 25.6 Å². The van der Waals surface area contributed by atoms with Crippen LogP contribution in [0.15, 0.2) is 18.2 Å². The Morgan fingerprint density at radius 1 is 1.30 bits per heavy atom. The Balaban J connectivity index is 2.14. The number of hydrogen-bond acceptors (Lipinski definition) is 4. The monoisotopic (exact) mass is 329 g/mol. The second kappa shape index (κ2) is 7.98. The van der Waals surface area contributed by atoms with Crippen LogP contribution >= 0.6 is 0 Å². The minimum Gasteiger partial charge on any atom is -0.481 e. The molecule has 0 aliphatic carbocycles. The number of hydrogen-bond donors (Lipinski definition) is 1. The summed E-state index contributed by atoms with van der Waals surface area (Å²) in [5, 5.41) is 8.79. The Morgan fingerprint density at radius 2 is 2.09 bits per heavy atom. The number of aliphatic carboxylic acids is 1. The molecule has 1 amide bonds. The second-order valence-corrected chi connectivity index (χ2v) is 5.05. The quantitative estimate of drug-likeness (QED) is 0.848. The summed E-state index contributed by atoms with van der Waals surface area (Å²) in [5.41, 5.74) is -0.0273. The first-order valence-corrected chi connectivity index (χ1v) is 7.12. The lowest BCUT2D eigenvalue weighted by Gasteiger charge is -2.29. The van der Waals surface area contributed by atoms with Crippen molar-refractivity contribution in [2.45, 2.75) is 19.1 Å². The van der Waals surface area contributed by atoms with Gasteiger partial charge in [-0.3, -0.25) is 9.59 Å². The molecule has 0 aromatic heterocycles. The number of nitrogens with zero attached hydrogens (tertiary/aromatic N) is 1. The molecule has 23 heavy (non-hydrogen) atoms. The zero-order chi connectivity index (χ0) is 16.8. The lowest BCUT2D eigenvalue weighted by molar-refractivity contribution is -0.159. The van der Waals surface area contributed by atoms with E-state index in [4.69, 9.17) is 14.6 Å². The van der Waals surface area contributed by atoms with Gasteiger partial charge in [0.15, 0.2) is 17.7 Å².